The van der Waals surface area contributed by atoms with Gasteiger partial charge in [-0.25, -0.2) is 0 Å². The van der Waals surface area contributed by atoms with Gasteiger partial charge in [-0.2, -0.15) is 4.98 Å². The number of rotatable bonds is 4. The maximum Gasteiger partial charge on any atom is 0.245 e. The highest BCUT2D eigenvalue weighted by Gasteiger charge is 2.22. The quantitative estimate of drug-likeness (QED) is 0.885. The predicted octanol–water partition coefficient (Wildman–Crippen LogP) is 2.73. The zero-order valence-electron chi connectivity index (χ0n) is 11.4. The summed E-state index contributed by atoms with van der Waals surface area (Å²) in [6.45, 7) is 3.14. The fraction of sp³-hybridized carbons (Fsp3) is 0.538. The molecule has 1 saturated heterocycles. The first-order valence-electron chi connectivity index (χ1n) is 6.84. The molecule has 1 aliphatic heterocycles. The van der Waals surface area contributed by atoms with Gasteiger partial charge in [0.1, 0.15) is 0 Å². The summed E-state index contributed by atoms with van der Waals surface area (Å²) in [6, 6.07) is 4.09. The van der Waals surface area contributed by atoms with E-state index < -0.39 is 0 Å². The molecule has 108 valence electrons. The highest BCUT2D eigenvalue weighted by atomic mass is 79.9. The van der Waals surface area contributed by atoms with Gasteiger partial charge in [0, 0.05) is 13.1 Å². The van der Waals surface area contributed by atoms with Crippen molar-refractivity contribution in [2.75, 3.05) is 31.6 Å². The maximum absolute atomic E-state index is 4.64. The highest BCUT2D eigenvalue weighted by molar-refractivity contribution is 9.11. The van der Waals surface area contributed by atoms with Gasteiger partial charge in [-0.05, 0) is 60.4 Å². The number of aromatic amines is 1. The second-order valence-corrected chi connectivity index (χ2v) is 7.56. The molecule has 3 heterocycles. The Kier molecular flexibility index (Phi) is 4.38. The summed E-state index contributed by atoms with van der Waals surface area (Å²) < 4.78 is 1.11. The molecule has 2 aromatic heterocycles. The second-order valence-electron chi connectivity index (χ2n) is 5.10. The van der Waals surface area contributed by atoms with E-state index in [0.29, 0.717) is 5.92 Å². The molecule has 0 spiro atoms. The third-order valence-corrected chi connectivity index (χ3v) is 5.21. The molecule has 1 aliphatic rings. The van der Waals surface area contributed by atoms with Crippen LogP contribution in [0.15, 0.2) is 15.9 Å². The molecule has 1 unspecified atom stereocenters. The van der Waals surface area contributed by atoms with E-state index in [1.54, 1.807) is 11.3 Å². The van der Waals surface area contributed by atoms with E-state index in [1.165, 1.54) is 12.8 Å². The van der Waals surface area contributed by atoms with Gasteiger partial charge in [0.2, 0.25) is 5.95 Å². The Morgan fingerprint density at radius 1 is 1.55 bits per heavy atom. The smallest absolute Gasteiger partial charge is 0.245 e. The summed E-state index contributed by atoms with van der Waals surface area (Å²) in [6.07, 6.45) is 2.49. The number of piperidine rings is 1. The minimum Gasteiger partial charge on any atom is -0.339 e. The van der Waals surface area contributed by atoms with E-state index in [-0.39, 0.29) is 0 Å². The third-order valence-electron chi connectivity index (χ3n) is 3.57. The van der Waals surface area contributed by atoms with Crippen molar-refractivity contribution in [1.29, 1.82) is 0 Å². The SMILES string of the molecule is CNCC1CCCN(c2n[nH]c(-c3ccc(Br)s3)n2)C1. The van der Waals surface area contributed by atoms with Gasteiger partial charge in [0.15, 0.2) is 5.82 Å². The first-order valence-corrected chi connectivity index (χ1v) is 8.45. The van der Waals surface area contributed by atoms with Crippen molar-refractivity contribution in [2.24, 2.45) is 5.92 Å². The lowest BCUT2D eigenvalue weighted by Gasteiger charge is -2.31. The Hall–Kier alpha value is -0.920. The van der Waals surface area contributed by atoms with Crippen LogP contribution in [0.2, 0.25) is 0 Å². The first kappa shape index (κ1) is 14.0. The lowest BCUT2D eigenvalue weighted by molar-refractivity contribution is 0.399. The van der Waals surface area contributed by atoms with E-state index in [0.717, 1.165) is 40.1 Å². The molecular formula is C13H18BrN5S. The number of anilines is 1. The lowest BCUT2D eigenvalue weighted by Crippen LogP contribution is -2.39. The average Bonchev–Trinajstić information content (AvgIpc) is 3.08. The van der Waals surface area contributed by atoms with Crippen molar-refractivity contribution >= 4 is 33.2 Å². The van der Waals surface area contributed by atoms with Crippen molar-refractivity contribution in [3.05, 3.63) is 15.9 Å². The fourth-order valence-electron chi connectivity index (χ4n) is 2.65. The Balaban J connectivity index is 1.73. The lowest BCUT2D eigenvalue weighted by atomic mass is 9.98. The molecule has 1 fully saturated rings. The largest absolute Gasteiger partial charge is 0.339 e. The molecule has 0 amide bonds. The van der Waals surface area contributed by atoms with Crippen LogP contribution in [0.5, 0.6) is 0 Å². The van der Waals surface area contributed by atoms with Crippen LogP contribution in [0.3, 0.4) is 0 Å². The van der Waals surface area contributed by atoms with E-state index in [2.05, 4.69) is 47.4 Å². The van der Waals surface area contributed by atoms with E-state index in [1.807, 2.05) is 13.1 Å². The summed E-state index contributed by atoms with van der Waals surface area (Å²) in [5, 5.41) is 10.7. The monoisotopic (exact) mass is 355 g/mol. The van der Waals surface area contributed by atoms with Crippen LogP contribution in [-0.2, 0) is 0 Å². The number of nitrogens with one attached hydrogen (secondary N) is 2. The topological polar surface area (TPSA) is 56.8 Å². The molecule has 3 rings (SSSR count). The molecule has 0 aromatic carbocycles. The maximum atomic E-state index is 4.64. The van der Waals surface area contributed by atoms with Gasteiger partial charge in [0.25, 0.3) is 0 Å². The van der Waals surface area contributed by atoms with E-state index >= 15 is 0 Å². The normalized spacial score (nSPS) is 19.5. The van der Waals surface area contributed by atoms with Crippen LogP contribution in [0, 0.1) is 5.92 Å². The minimum atomic E-state index is 0.687. The standard InChI is InChI=1S/C13H18BrN5S/c1-15-7-9-3-2-6-19(8-9)13-16-12(17-18-13)10-4-5-11(14)20-10/h4-5,9,15H,2-3,6-8H2,1H3,(H,16,17,18). The Labute approximate surface area is 130 Å². The van der Waals surface area contributed by atoms with Gasteiger partial charge in [-0.1, -0.05) is 0 Å². The number of halogens is 1. The summed E-state index contributed by atoms with van der Waals surface area (Å²) in [7, 11) is 2.01. The van der Waals surface area contributed by atoms with Crippen molar-refractivity contribution in [3.63, 3.8) is 0 Å². The summed E-state index contributed by atoms with van der Waals surface area (Å²) in [4.78, 5) is 8.04. The average molecular weight is 356 g/mol. The Morgan fingerprint density at radius 2 is 2.45 bits per heavy atom. The molecular weight excluding hydrogens is 338 g/mol. The number of H-pyrrole nitrogens is 1. The molecule has 7 heteroatoms. The van der Waals surface area contributed by atoms with Crippen LogP contribution >= 0.6 is 27.3 Å². The van der Waals surface area contributed by atoms with Crippen LogP contribution < -0.4 is 10.2 Å². The van der Waals surface area contributed by atoms with E-state index in [4.69, 9.17) is 0 Å². The number of hydrogen-bond donors (Lipinski definition) is 2. The summed E-state index contributed by atoms with van der Waals surface area (Å²) in [5.74, 6) is 2.36. The minimum absolute atomic E-state index is 0.687. The summed E-state index contributed by atoms with van der Waals surface area (Å²) in [5.41, 5.74) is 0. The van der Waals surface area contributed by atoms with E-state index in [9.17, 15) is 0 Å². The molecule has 5 nitrogen and oxygen atoms in total. The Morgan fingerprint density at radius 3 is 3.20 bits per heavy atom. The van der Waals surface area contributed by atoms with Crippen molar-refractivity contribution in [1.82, 2.24) is 20.5 Å². The van der Waals surface area contributed by atoms with Crippen LogP contribution in [0.4, 0.5) is 5.95 Å². The molecule has 2 N–H and O–H groups in total. The second kappa shape index (κ2) is 6.24. The number of hydrogen-bond acceptors (Lipinski definition) is 5. The molecule has 1 atom stereocenters. The molecule has 0 radical (unpaired) electrons. The molecule has 0 aliphatic carbocycles. The number of aromatic nitrogens is 3. The number of nitrogens with zero attached hydrogens (tertiary/aromatic N) is 3. The fourth-order valence-corrected chi connectivity index (χ4v) is 3.97. The molecule has 2 aromatic rings. The predicted molar refractivity (Wildman–Crippen MR) is 86.3 cm³/mol. The van der Waals surface area contributed by atoms with Gasteiger partial charge in [-0.3, -0.25) is 5.10 Å². The summed E-state index contributed by atoms with van der Waals surface area (Å²) >= 11 is 5.14. The van der Waals surface area contributed by atoms with Crippen molar-refractivity contribution in [2.45, 2.75) is 12.8 Å². The molecule has 0 bridgehead atoms. The Bertz CT molecular complexity index is 565. The van der Waals surface area contributed by atoms with Crippen molar-refractivity contribution < 1.29 is 0 Å². The molecule has 0 saturated carbocycles. The first-order chi connectivity index (χ1) is 9.76. The molecule has 20 heavy (non-hydrogen) atoms. The van der Waals surface area contributed by atoms with Crippen molar-refractivity contribution in [3.8, 4) is 10.7 Å². The van der Waals surface area contributed by atoms with Crippen LogP contribution in [-0.4, -0.2) is 41.9 Å². The highest BCUT2D eigenvalue weighted by Crippen LogP contribution is 2.30. The van der Waals surface area contributed by atoms with Crippen LogP contribution in [0.1, 0.15) is 12.8 Å². The zero-order chi connectivity index (χ0) is 13.9. The van der Waals surface area contributed by atoms with Crippen LogP contribution in [0.25, 0.3) is 10.7 Å². The van der Waals surface area contributed by atoms with Gasteiger partial charge >= 0.3 is 0 Å². The zero-order valence-corrected chi connectivity index (χ0v) is 13.8. The van der Waals surface area contributed by atoms with Gasteiger partial charge in [0.05, 0.1) is 8.66 Å². The third kappa shape index (κ3) is 3.05. The van der Waals surface area contributed by atoms with Gasteiger partial charge < -0.3 is 10.2 Å². The number of thiophene rings is 1. The van der Waals surface area contributed by atoms with Gasteiger partial charge in [-0.15, -0.1) is 16.4 Å².